The molecule has 64 heavy (non-hydrogen) atoms. The third kappa shape index (κ3) is 6.41. The van der Waals surface area contributed by atoms with E-state index in [-0.39, 0.29) is 18.6 Å². The molecule has 2 aromatic carbocycles. The number of rotatable bonds is 12. The SMILES string of the molecule is CC[C@]12C=CCN3CC[C@@]4(c5cc([C@@]6(C(=O)OC)C[C@H]7CN(CCc8c6[nH]c6ccccc86)C[C@](O)(CCCSCCO)C7)c(OC)cc5N(C)[C@H]4[C@@](O)(C(=O)OC)[C@@H]1OC(C)=O)[C@@H]32. The van der Waals surface area contributed by atoms with Gasteiger partial charge in [0.05, 0.1) is 39.6 Å². The Hall–Kier alpha value is -4.12. The molecular formula is C49H64N4O10S. The van der Waals surface area contributed by atoms with E-state index in [0.29, 0.717) is 88.3 Å². The Morgan fingerprint density at radius 2 is 1.77 bits per heavy atom. The predicted molar refractivity (Wildman–Crippen MR) is 244 cm³/mol. The summed E-state index contributed by atoms with van der Waals surface area (Å²) in [4.78, 5) is 53.5. The van der Waals surface area contributed by atoms with E-state index in [9.17, 15) is 24.9 Å². The van der Waals surface area contributed by atoms with E-state index in [1.54, 1.807) is 18.9 Å². The molecule has 1 aromatic heterocycles. The number of aromatic amines is 1. The number of carbonyl (C=O) groups excluding carboxylic acids is 3. The fraction of sp³-hybridized carbons (Fsp3) is 0.612. The fourth-order valence-corrected chi connectivity index (χ4v) is 14.8. The predicted octanol–water partition coefficient (Wildman–Crippen LogP) is 4.09. The van der Waals surface area contributed by atoms with Gasteiger partial charge in [-0.15, -0.1) is 0 Å². The Morgan fingerprint density at radius 3 is 2.48 bits per heavy atom. The number of H-pyrrole nitrogens is 1. The number of likely N-dealkylation sites (N-methyl/N-ethyl adjacent to an activating group) is 1. The van der Waals surface area contributed by atoms with Crippen LogP contribution in [0.5, 0.6) is 5.75 Å². The minimum absolute atomic E-state index is 0.121. The van der Waals surface area contributed by atoms with Gasteiger partial charge in [0.1, 0.15) is 11.2 Å². The first kappa shape index (κ1) is 45.1. The number of methoxy groups -OCH3 is 3. The van der Waals surface area contributed by atoms with E-state index in [0.717, 1.165) is 45.6 Å². The lowest BCUT2D eigenvalue weighted by atomic mass is 9.47. The molecule has 1 spiro atoms. The minimum atomic E-state index is -2.32. The highest BCUT2D eigenvalue weighted by Gasteiger charge is 2.80. The van der Waals surface area contributed by atoms with Crippen molar-refractivity contribution in [2.75, 3.05) is 84.1 Å². The summed E-state index contributed by atoms with van der Waals surface area (Å²) in [6, 6.07) is 10.9. The molecule has 15 heteroatoms. The van der Waals surface area contributed by atoms with Crippen LogP contribution in [-0.2, 0) is 45.8 Å². The average molecular weight is 901 g/mol. The molecule has 6 aliphatic rings. The summed E-state index contributed by atoms with van der Waals surface area (Å²) in [6.45, 7) is 6.61. The van der Waals surface area contributed by atoms with E-state index < -0.39 is 57.5 Å². The lowest BCUT2D eigenvalue weighted by Crippen LogP contribution is -2.81. The molecule has 2 bridgehead atoms. The second kappa shape index (κ2) is 16.6. The molecule has 3 aromatic rings. The van der Waals surface area contributed by atoms with Gasteiger partial charge in [-0.2, -0.15) is 11.8 Å². The topological polar surface area (TPSA) is 174 Å². The number of para-hydroxylation sites is 1. The van der Waals surface area contributed by atoms with Gasteiger partial charge in [-0.25, -0.2) is 4.79 Å². The third-order valence-corrected chi connectivity index (χ3v) is 17.2. The number of anilines is 1. The van der Waals surface area contributed by atoms with Crippen molar-refractivity contribution < 1.29 is 48.7 Å². The molecule has 1 saturated carbocycles. The van der Waals surface area contributed by atoms with Crippen LogP contribution in [0.25, 0.3) is 10.9 Å². The van der Waals surface area contributed by atoms with Crippen LogP contribution in [0.2, 0.25) is 0 Å². The molecule has 4 N–H and O–H groups in total. The highest BCUT2D eigenvalue weighted by atomic mass is 32.2. The molecule has 10 atom stereocenters. The first-order valence-corrected chi connectivity index (χ1v) is 24.1. The number of hydrogen-bond acceptors (Lipinski definition) is 14. The number of carbonyl (C=O) groups is 3. The largest absolute Gasteiger partial charge is 0.496 e. The molecule has 6 heterocycles. The number of nitrogens with one attached hydrogen (secondary N) is 1. The van der Waals surface area contributed by atoms with Crippen molar-refractivity contribution in [1.82, 2.24) is 14.8 Å². The Morgan fingerprint density at radius 1 is 0.984 bits per heavy atom. The molecule has 346 valence electrons. The zero-order chi connectivity index (χ0) is 45.4. The van der Waals surface area contributed by atoms with E-state index in [1.807, 2.05) is 49.2 Å². The number of aromatic nitrogens is 1. The van der Waals surface area contributed by atoms with Gasteiger partial charge in [0.15, 0.2) is 6.10 Å². The fourth-order valence-electron chi connectivity index (χ4n) is 14.1. The molecule has 0 amide bonds. The number of esters is 3. The van der Waals surface area contributed by atoms with Crippen LogP contribution in [0.4, 0.5) is 5.69 Å². The van der Waals surface area contributed by atoms with Crippen LogP contribution in [0.15, 0.2) is 48.6 Å². The maximum atomic E-state index is 15.5. The number of piperidine rings is 1. The summed E-state index contributed by atoms with van der Waals surface area (Å²) in [6.07, 6.45) is 6.62. The molecule has 3 fully saturated rings. The van der Waals surface area contributed by atoms with E-state index >= 15 is 4.79 Å². The first-order chi connectivity index (χ1) is 30.7. The monoisotopic (exact) mass is 900 g/mol. The van der Waals surface area contributed by atoms with Crippen LogP contribution in [0.3, 0.4) is 0 Å². The maximum absolute atomic E-state index is 15.5. The number of aliphatic hydroxyl groups is 3. The number of nitrogens with zero attached hydrogens (tertiary/aromatic N) is 3. The van der Waals surface area contributed by atoms with Crippen LogP contribution < -0.4 is 9.64 Å². The lowest BCUT2D eigenvalue weighted by molar-refractivity contribution is -0.228. The van der Waals surface area contributed by atoms with Crippen molar-refractivity contribution >= 4 is 46.3 Å². The third-order valence-electron chi connectivity index (χ3n) is 16.1. The van der Waals surface area contributed by atoms with Crippen LogP contribution in [0.1, 0.15) is 74.8 Å². The molecule has 1 unspecified atom stereocenters. The van der Waals surface area contributed by atoms with Crippen LogP contribution in [0, 0.1) is 11.3 Å². The van der Waals surface area contributed by atoms with Crippen molar-refractivity contribution in [3.05, 3.63) is 70.9 Å². The molecule has 1 aliphatic carbocycles. The summed E-state index contributed by atoms with van der Waals surface area (Å²) >= 11 is 1.68. The normalized spacial score (nSPS) is 35.0. The highest BCUT2D eigenvalue weighted by Crippen LogP contribution is 2.68. The number of thioether (sulfide) groups is 1. The number of hydrogen-bond donors (Lipinski definition) is 4. The maximum Gasteiger partial charge on any atom is 0.344 e. The van der Waals surface area contributed by atoms with Gasteiger partial charge in [-0.1, -0.05) is 37.3 Å². The Bertz CT molecular complexity index is 2360. The van der Waals surface area contributed by atoms with Crippen molar-refractivity contribution in [2.24, 2.45) is 11.3 Å². The number of benzene rings is 2. The number of fused-ring (bicyclic) bond motifs is 6. The number of ether oxygens (including phenoxy) is 4. The highest BCUT2D eigenvalue weighted by molar-refractivity contribution is 7.99. The molecular weight excluding hydrogens is 837 g/mol. The Balaban J connectivity index is 1.30. The molecule has 9 rings (SSSR count). The van der Waals surface area contributed by atoms with E-state index in [2.05, 4.69) is 33.0 Å². The van der Waals surface area contributed by atoms with Gasteiger partial charge >= 0.3 is 17.9 Å². The number of aliphatic hydroxyl groups excluding tert-OH is 1. The van der Waals surface area contributed by atoms with Gasteiger partial charge in [0, 0.05) is 96.7 Å². The second-order valence-corrected chi connectivity index (χ2v) is 20.5. The van der Waals surface area contributed by atoms with Gasteiger partial charge in [-0.3, -0.25) is 19.4 Å². The Kier molecular flexibility index (Phi) is 11.7. The molecule has 2 saturated heterocycles. The van der Waals surface area contributed by atoms with Gasteiger partial charge in [-0.05, 0) is 86.4 Å². The van der Waals surface area contributed by atoms with Crippen LogP contribution >= 0.6 is 11.8 Å². The lowest BCUT2D eigenvalue weighted by Gasteiger charge is -2.63. The first-order valence-electron chi connectivity index (χ1n) is 22.9. The van der Waals surface area contributed by atoms with Gasteiger partial charge < -0.3 is 44.2 Å². The van der Waals surface area contributed by atoms with Crippen LogP contribution in [-0.4, -0.2) is 157 Å². The zero-order valence-corrected chi connectivity index (χ0v) is 38.8. The van der Waals surface area contributed by atoms with Gasteiger partial charge in [0.2, 0.25) is 5.60 Å². The van der Waals surface area contributed by atoms with Gasteiger partial charge in [0.25, 0.3) is 0 Å². The molecule has 14 nitrogen and oxygen atoms in total. The summed E-state index contributed by atoms with van der Waals surface area (Å²) in [5.41, 5.74) is -1.87. The smallest absolute Gasteiger partial charge is 0.344 e. The van der Waals surface area contributed by atoms with E-state index in [4.69, 9.17) is 18.9 Å². The van der Waals surface area contributed by atoms with Crippen molar-refractivity contribution in [2.45, 2.75) is 99.0 Å². The quantitative estimate of drug-likeness (QED) is 0.0887. The minimum Gasteiger partial charge on any atom is -0.496 e. The summed E-state index contributed by atoms with van der Waals surface area (Å²) in [5, 5.41) is 36.2. The van der Waals surface area contributed by atoms with Crippen molar-refractivity contribution in [1.29, 1.82) is 0 Å². The summed E-state index contributed by atoms with van der Waals surface area (Å²) in [7, 11) is 6.14. The molecule has 0 radical (unpaired) electrons. The van der Waals surface area contributed by atoms with Crippen molar-refractivity contribution in [3.8, 4) is 5.75 Å². The molecule has 5 aliphatic heterocycles. The van der Waals surface area contributed by atoms with Crippen molar-refractivity contribution in [3.63, 3.8) is 0 Å². The average Bonchev–Trinajstić information content (AvgIpc) is 3.95. The summed E-state index contributed by atoms with van der Waals surface area (Å²) < 4.78 is 24.1. The standard InChI is InChI=1S/C49H64N4O10S/c1-7-46-16-10-18-53-20-17-47(40(46)53)34-24-35(38(60-4)25-37(34)51(3)41(47)49(59,44(57)62-6)42(46)63-30(2)55)48(43(56)61-5)27-31-26-45(58,15-11-22-64-23-21-54)29-52(28-31)19-14-33-32-12-8-9-13-36(32)50-39(33)48/h8-10,12-13,16,24-25,31,40-42,50,54,58-59H,7,11,14-15,17-23,26-29H2,1-6H3/t31-,40-,41+,42+,45-,46+,47+,48-,49-/m0/s1. The Labute approximate surface area is 379 Å². The van der Waals surface area contributed by atoms with E-state index in [1.165, 1.54) is 21.1 Å². The second-order valence-electron chi connectivity index (χ2n) is 19.3. The summed E-state index contributed by atoms with van der Waals surface area (Å²) in [5.74, 6) is -0.162. The zero-order valence-electron chi connectivity index (χ0n) is 38.0.